The zero-order valence-corrected chi connectivity index (χ0v) is 8.32. The first-order valence-electron chi connectivity index (χ1n) is 5.62. The van der Waals surface area contributed by atoms with Crippen LogP contribution in [0.1, 0.15) is 25.7 Å². The first-order valence-corrected chi connectivity index (χ1v) is 5.62. The average molecular weight is 188 g/mol. The zero-order valence-electron chi connectivity index (χ0n) is 8.32. The Labute approximate surface area is 84.8 Å². The van der Waals surface area contributed by atoms with Crippen LogP contribution in [0.3, 0.4) is 0 Å². The maximum atomic E-state index is 10.2. The third kappa shape index (κ3) is 1.05. The van der Waals surface area contributed by atoms with E-state index in [1.54, 1.807) is 0 Å². The molecule has 0 amide bonds. The van der Waals surface area contributed by atoms with Gasteiger partial charge in [0, 0.05) is 5.92 Å². The number of hydrogen-bond donors (Lipinski definition) is 1. The van der Waals surface area contributed by atoms with Gasteiger partial charge in [-0.2, -0.15) is 0 Å². The minimum atomic E-state index is -0.148. The Morgan fingerprint density at radius 1 is 1.21 bits per heavy atom. The SMILES string of the molecule is OC1C2=C(C=CCC2)C2C=CCCC12. The van der Waals surface area contributed by atoms with Crippen molar-refractivity contribution in [2.45, 2.75) is 31.8 Å². The summed E-state index contributed by atoms with van der Waals surface area (Å²) in [5, 5.41) is 10.2. The summed E-state index contributed by atoms with van der Waals surface area (Å²) in [4.78, 5) is 0. The van der Waals surface area contributed by atoms with Gasteiger partial charge in [-0.05, 0) is 42.7 Å². The molecule has 0 spiro atoms. The van der Waals surface area contributed by atoms with Gasteiger partial charge in [0.15, 0.2) is 0 Å². The van der Waals surface area contributed by atoms with Crippen molar-refractivity contribution < 1.29 is 5.11 Å². The summed E-state index contributed by atoms with van der Waals surface area (Å²) in [5.41, 5.74) is 2.75. The van der Waals surface area contributed by atoms with E-state index in [1.807, 2.05) is 0 Å². The maximum absolute atomic E-state index is 10.2. The highest BCUT2D eigenvalue weighted by atomic mass is 16.3. The molecule has 0 aromatic rings. The molecule has 0 aromatic carbocycles. The molecular formula is C13H16O. The monoisotopic (exact) mass is 188 g/mol. The molecule has 0 saturated carbocycles. The predicted octanol–water partition coefficient (Wildman–Crippen LogP) is 2.59. The van der Waals surface area contributed by atoms with Crippen LogP contribution in [0.2, 0.25) is 0 Å². The van der Waals surface area contributed by atoms with E-state index in [0.717, 1.165) is 25.7 Å². The van der Waals surface area contributed by atoms with E-state index < -0.39 is 0 Å². The van der Waals surface area contributed by atoms with Crippen LogP contribution in [0.4, 0.5) is 0 Å². The minimum absolute atomic E-state index is 0.148. The Kier molecular flexibility index (Phi) is 1.88. The molecule has 1 nitrogen and oxygen atoms in total. The highest BCUT2D eigenvalue weighted by Gasteiger charge is 2.40. The van der Waals surface area contributed by atoms with Crippen LogP contribution >= 0.6 is 0 Å². The van der Waals surface area contributed by atoms with Crippen molar-refractivity contribution in [3.63, 3.8) is 0 Å². The molecule has 0 radical (unpaired) electrons. The third-order valence-corrected chi connectivity index (χ3v) is 3.84. The van der Waals surface area contributed by atoms with Gasteiger partial charge in [-0.25, -0.2) is 0 Å². The molecule has 1 N–H and O–H groups in total. The number of aliphatic hydroxyl groups is 1. The van der Waals surface area contributed by atoms with Gasteiger partial charge in [0.25, 0.3) is 0 Å². The second-order valence-electron chi connectivity index (χ2n) is 4.56. The molecule has 3 rings (SSSR count). The molecule has 0 aliphatic heterocycles. The van der Waals surface area contributed by atoms with Crippen molar-refractivity contribution in [3.8, 4) is 0 Å². The van der Waals surface area contributed by atoms with Crippen LogP contribution in [0, 0.1) is 11.8 Å². The van der Waals surface area contributed by atoms with Gasteiger partial charge < -0.3 is 5.11 Å². The fraction of sp³-hybridized carbons (Fsp3) is 0.538. The lowest BCUT2D eigenvalue weighted by atomic mass is 9.82. The van der Waals surface area contributed by atoms with E-state index in [-0.39, 0.29) is 6.10 Å². The highest BCUT2D eigenvalue weighted by molar-refractivity contribution is 5.42. The quantitative estimate of drug-likeness (QED) is 0.579. The molecule has 0 heterocycles. The fourth-order valence-electron chi connectivity index (χ4n) is 3.15. The first-order chi connectivity index (χ1) is 6.88. The van der Waals surface area contributed by atoms with Crippen LogP contribution in [0.25, 0.3) is 0 Å². The lowest BCUT2D eigenvalue weighted by molar-refractivity contribution is 0.131. The fourth-order valence-corrected chi connectivity index (χ4v) is 3.15. The number of fused-ring (bicyclic) bond motifs is 2. The molecule has 0 saturated heterocycles. The number of hydrogen-bond acceptors (Lipinski definition) is 1. The molecule has 0 aromatic heterocycles. The Morgan fingerprint density at radius 2 is 2.14 bits per heavy atom. The third-order valence-electron chi connectivity index (χ3n) is 3.84. The summed E-state index contributed by atoms with van der Waals surface area (Å²) in [6.45, 7) is 0. The summed E-state index contributed by atoms with van der Waals surface area (Å²) in [7, 11) is 0. The minimum Gasteiger partial charge on any atom is -0.388 e. The molecule has 3 unspecified atom stereocenters. The smallest absolute Gasteiger partial charge is 0.0793 e. The number of allylic oxidation sites excluding steroid dienone is 5. The van der Waals surface area contributed by atoms with E-state index in [9.17, 15) is 5.11 Å². The molecule has 0 bridgehead atoms. The Bertz CT molecular complexity index is 335. The lowest BCUT2D eigenvalue weighted by Gasteiger charge is -2.24. The van der Waals surface area contributed by atoms with Crippen LogP contribution in [-0.4, -0.2) is 11.2 Å². The van der Waals surface area contributed by atoms with Crippen molar-refractivity contribution in [2.24, 2.45) is 11.8 Å². The molecule has 3 atom stereocenters. The Morgan fingerprint density at radius 3 is 3.07 bits per heavy atom. The summed E-state index contributed by atoms with van der Waals surface area (Å²) in [5.74, 6) is 0.998. The van der Waals surface area contributed by atoms with E-state index in [4.69, 9.17) is 0 Å². The Balaban J connectivity index is 2.02. The maximum Gasteiger partial charge on any atom is 0.0793 e. The molecule has 1 heteroatoms. The van der Waals surface area contributed by atoms with Crippen molar-refractivity contribution in [3.05, 3.63) is 35.5 Å². The van der Waals surface area contributed by atoms with Crippen molar-refractivity contribution in [2.75, 3.05) is 0 Å². The molecular weight excluding hydrogens is 172 g/mol. The highest BCUT2D eigenvalue weighted by Crippen LogP contribution is 2.46. The van der Waals surface area contributed by atoms with E-state index in [0.29, 0.717) is 11.8 Å². The number of aliphatic hydroxyl groups excluding tert-OH is 1. The topological polar surface area (TPSA) is 20.2 Å². The van der Waals surface area contributed by atoms with Crippen LogP contribution < -0.4 is 0 Å². The van der Waals surface area contributed by atoms with Crippen LogP contribution in [-0.2, 0) is 0 Å². The first kappa shape index (κ1) is 8.49. The van der Waals surface area contributed by atoms with E-state index in [1.165, 1.54) is 11.1 Å². The normalized spacial score (nSPS) is 39.9. The molecule has 0 fully saturated rings. The van der Waals surface area contributed by atoms with Gasteiger partial charge >= 0.3 is 0 Å². The van der Waals surface area contributed by atoms with Crippen molar-refractivity contribution >= 4 is 0 Å². The number of rotatable bonds is 0. The van der Waals surface area contributed by atoms with Gasteiger partial charge in [0.05, 0.1) is 6.10 Å². The Hall–Kier alpha value is -0.820. The zero-order chi connectivity index (χ0) is 9.54. The molecule has 74 valence electrons. The van der Waals surface area contributed by atoms with Gasteiger partial charge in [0.2, 0.25) is 0 Å². The summed E-state index contributed by atoms with van der Waals surface area (Å²) < 4.78 is 0. The standard InChI is InChI=1S/C13H16O/c14-13-11-7-3-1-5-9(11)10-6-2-4-8-12(10)13/h1-2,5-6,9,11,13-14H,3-4,7-8H2. The largest absolute Gasteiger partial charge is 0.388 e. The lowest BCUT2D eigenvalue weighted by Crippen LogP contribution is -2.23. The van der Waals surface area contributed by atoms with Gasteiger partial charge in [-0.15, -0.1) is 0 Å². The van der Waals surface area contributed by atoms with Gasteiger partial charge in [0.1, 0.15) is 0 Å². The van der Waals surface area contributed by atoms with Gasteiger partial charge in [-0.3, -0.25) is 0 Å². The van der Waals surface area contributed by atoms with Crippen LogP contribution in [0.15, 0.2) is 35.5 Å². The molecule has 3 aliphatic carbocycles. The predicted molar refractivity (Wildman–Crippen MR) is 56.8 cm³/mol. The second-order valence-corrected chi connectivity index (χ2v) is 4.56. The molecule has 14 heavy (non-hydrogen) atoms. The van der Waals surface area contributed by atoms with Crippen molar-refractivity contribution in [1.29, 1.82) is 0 Å². The van der Waals surface area contributed by atoms with Gasteiger partial charge in [-0.1, -0.05) is 24.3 Å². The van der Waals surface area contributed by atoms with Crippen molar-refractivity contribution in [1.82, 2.24) is 0 Å². The summed E-state index contributed by atoms with van der Waals surface area (Å²) in [6, 6.07) is 0. The second kappa shape index (κ2) is 3.09. The summed E-state index contributed by atoms with van der Waals surface area (Å²) in [6.07, 6.45) is 13.4. The summed E-state index contributed by atoms with van der Waals surface area (Å²) >= 11 is 0. The van der Waals surface area contributed by atoms with Crippen LogP contribution in [0.5, 0.6) is 0 Å². The van der Waals surface area contributed by atoms with E-state index >= 15 is 0 Å². The average Bonchev–Trinajstić information content (AvgIpc) is 2.55. The van der Waals surface area contributed by atoms with E-state index in [2.05, 4.69) is 24.3 Å². The molecule has 3 aliphatic rings.